The van der Waals surface area contributed by atoms with Gasteiger partial charge in [0.2, 0.25) is 0 Å². The zero-order valence-corrected chi connectivity index (χ0v) is 14.2. The highest BCUT2D eigenvalue weighted by Crippen LogP contribution is 2.26. The highest BCUT2D eigenvalue weighted by atomic mass is 16.3. The van der Waals surface area contributed by atoms with Gasteiger partial charge in [-0.2, -0.15) is 0 Å². The number of rotatable bonds is 5. The number of aliphatic hydroxyl groups excluding tert-OH is 1. The van der Waals surface area contributed by atoms with Crippen molar-refractivity contribution in [3.05, 3.63) is 89.3 Å². The Kier molecular flexibility index (Phi) is 5.00. The average Bonchev–Trinajstić information content (AvgIpc) is 2.99. The summed E-state index contributed by atoms with van der Waals surface area (Å²) in [7, 11) is 0. The minimum absolute atomic E-state index is 0.664. The zero-order chi connectivity index (χ0) is 16.9. The van der Waals surface area contributed by atoms with E-state index in [0.717, 1.165) is 35.1 Å². The molecule has 3 rings (SSSR count). The number of hydrogen-bond acceptors (Lipinski definition) is 1. The van der Waals surface area contributed by atoms with Crippen LogP contribution in [-0.2, 0) is 6.54 Å². The fraction of sp³-hybridized carbons (Fsp3) is 0.227. The first-order valence-electron chi connectivity index (χ1n) is 8.41. The topological polar surface area (TPSA) is 25.2 Å². The monoisotopic (exact) mass is 317 g/mol. The van der Waals surface area contributed by atoms with Crippen LogP contribution in [0.15, 0.2) is 78.0 Å². The molecule has 1 unspecified atom stereocenters. The molecule has 0 aliphatic rings. The summed E-state index contributed by atoms with van der Waals surface area (Å²) >= 11 is 0. The first-order chi connectivity index (χ1) is 11.7. The summed E-state index contributed by atoms with van der Waals surface area (Å²) in [6.07, 6.45) is 2.03. The predicted octanol–water partition coefficient (Wildman–Crippen LogP) is 5.23. The Balaban J connectivity index is 2.06. The second kappa shape index (κ2) is 7.35. The van der Waals surface area contributed by atoms with E-state index in [2.05, 4.69) is 47.6 Å². The van der Waals surface area contributed by atoms with Crippen molar-refractivity contribution in [2.24, 2.45) is 0 Å². The van der Waals surface area contributed by atoms with E-state index in [-0.39, 0.29) is 0 Å². The van der Waals surface area contributed by atoms with Gasteiger partial charge in [-0.25, -0.2) is 0 Å². The Bertz CT molecular complexity index is 883. The second-order valence-electron chi connectivity index (χ2n) is 6.09. The molecule has 0 bridgehead atoms. The van der Waals surface area contributed by atoms with Crippen molar-refractivity contribution >= 4 is 10.9 Å². The largest absolute Gasteiger partial charge is 0.382 e. The molecule has 2 nitrogen and oxygen atoms in total. The van der Waals surface area contributed by atoms with Gasteiger partial charge in [0.1, 0.15) is 6.10 Å². The molecule has 1 aromatic heterocycles. The molecule has 1 heterocycles. The van der Waals surface area contributed by atoms with E-state index in [4.69, 9.17) is 0 Å². The standard InChI is InChI=1S/C22H23NO/c1-3-17(2)13-14-22(24)21-15-19-11-7-8-12-20(19)23(21)16-18-9-5-4-6-10-18/h4-12,14-15,22,24H,3,16H2,1-2H3. The molecule has 2 aromatic carbocycles. The molecule has 1 atom stereocenters. The maximum atomic E-state index is 10.7. The van der Waals surface area contributed by atoms with Crippen LogP contribution in [-0.4, -0.2) is 9.67 Å². The highest BCUT2D eigenvalue weighted by Gasteiger charge is 2.14. The SMILES string of the molecule is CCC(C)=C=CC(O)c1cc2ccccc2n1Cc1ccccc1. The Morgan fingerprint density at radius 3 is 2.58 bits per heavy atom. The molecular weight excluding hydrogens is 294 g/mol. The third kappa shape index (κ3) is 3.51. The number of nitrogens with zero attached hydrogens (tertiary/aromatic N) is 1. The minimum Gasteiger partial charge on any atom is -0.382 e. The van der Waals surface area contributed by atoms with Crippen molar-refractivity contribution in [1.82, 2.24) is 4.57 Å². The fourth-order valence-electron chi connectivity index (χ4n) is 2.83. The van der Waals surface area contributed by atoms with Crippen molar-refractivity contribution < 1.29 is 5.11 Å². The van der Waals surface area contributed by atoms with Crippen LogP contribution in [0.5, 0.6) is 0 Å². The normalized spacial score (nSPS) is 12.0. The molecule has 0 radical (unpaired) electrons. The Labute approximate surface area is 143 Å². The lowest BCUT2D eigenvalue weighted by Gasteiger charge is -2.13. The van der Waals surface area contributed by atoms with Crippen molar-refractivity contribution in [3.8, 4) is 0 Å². The van der Waals surface area contributed by atoms with Gasteiger partial charge in [-0.15, -0.1) is 5.73 Å². The van der Waals surface area contributed by atoms with Gasteiger partial charge in [0, 0.05) is 12.1 Å². The van der Waals surface area contributed by atoms with Gasteiger partial charge in [0.15, 0.2) is 0 Å². The second-order valence-corrected chi connectivity index (χ2v) is 6.09. The molecule has 0 spiro atoms. The van der Waals surface area contributed by atoms with E-state index in [1.807, 2.05) is 37.3 Å². The van der Waals surface area contributed by atoms with Gasteiger partial charge >= 0.3 is 0 Å². The first kappa shape index (κ1) is 16.3. The van der Waals surface area contributed by atoms with Crippen LogP contribution in [0.3, 0.4) is 0 Å². The lowest BCUT2D eigenvalue weighted by atomic mass is 10.2. The lowest BCUT2D eigenvalue weighted by Crippen LogP contribution is -2.07. The predicted molar refractivity (Wildman–Crippen MR) is 100 cm³/mol. The van der Waals surface area contributed by atoms with Crippen molar-refractivity contribution in [1.29, 1.82) is 0 Å². The third-order valence-electron chi connectivity index (χ3n) is 4.35. The number of aliphatic hydroxyl groups is 1. The smallest absolute Gasteiger partial charge is 0.119 e. The molecule has 1 N–H and O–H groups in total. The van der Waals surface area contributed by atoms with E-state index < -0.39 is 6.10 Å². The number of para-hydroxylation sites is 1. The quantitative estimate of drug-likeness (QED) is 0.640. The maximum Gasteiger partial charge on any atom is 0.119 e. The van der Waals surface area contributed by atoms with Crippen molar-refractivity contribution in [2.75, 3.05) is 0 Å². The number of benzene rings is 2. The van der Waals surface area contributed by atoms with E-state index in [1.54, 1.807) is 6.08 Å². The van der Waals surface area contributed by atoms with Crippen LogP contribution < -0.4 is 0 Å². The van der Waals surface area contributed by atoms with Gasteiger partial charge in [-0.3, -0.25) is 0 Å². The number of aromatic nitrogens is 1. The molecule has 2 heteroatoms. The summed E-state index contributed by atoms with van der Waals surface area (Å²) < 4.78 is 2.19. The van der Waals surface area contributed by atoms with E-state index >= 15 is 0 Å². The molecule has 0 saturated heterocycles. The number of fused-ring (bicyclic) bond motifs is 1. The average molecular weight is 317 g/mol. The molecule has 0 aliphatic carbocycles. The number of hydrogen-bond donors (Lipinski definition) is 1. The van der Waals surface area contributed by atoms with Gasteiger partial charge in [0.25, 0.3) is 0 Å². The molecule has 3 aromatic rings. The summed E-state index contributed by atoms with van der Waals surface area (Å²) in [5.74, 6) is 0. The van der Waals surface area contributed by atoms with E-state index in [9.17, 15) is 5.11 Å². The van der Waals surface area contributed by atoms with Crippen LogP contribution in [0, 0.1) is 0 Å². The Morgan fingerprint density at radius 1 is 1.12 bits per heavy atom. The van der Waals surface area contributed by atoms with Crippen LogP contribution in [0.1, 0.15) is 37.6 Å². The van der Waals surface area contributed by atoms with Crippen molar-refractivity contribution in [3.63, 3.8) is 0 Å². The lowest BCUT2D eigenvalue weighted by molar-refractivity contribution is 0.219. The Hall–Kier alpha value is -2.54. The third-order valence-corrected chi connectivity index (χ3v) is 4.35. The Morgan fingerprint density at radius 2 is 1.83 bits per heavy atom. The summed E-state index contributed by atoms with van der Waals surface area (Å²) in [5.41, 5.74) is 7.59. The minimum atomic E-state index is -0.664. The van der Waals surface area contributed by atoms with Gasteiger partial charge in [-0.05, 0) is 48.1 Å². The summed E-state index contributed by atoms with van der Waals surface area (Å²) in [6.45, 7) is 4.86. The first-order valence-corrected chi connectivity index (χ1v) is 8.41. The van der Waals surface area contributed by atoms with Gasteiger partial charge in [0.05, 0.1) is 5.69 Å². The van der Waals surface area contributed by atoms with Crippen LogP contribution >= 0.6 is 0 Å². The molecule has 0 amide bonds. The molecule has 0 saturated carbocycles. The zero-order valence-electron chi connectivity index (χ0n) is 14.2. The molecular formula is C22H23NO. The van der Waals surface area contributed by atoms with Gasteiger partial charge in [-0.1, -0.05) is 55.5 Å². The van der Waals surface area contributed by atoms with Crippen molar-refractivity contribution in [2.45, 2.75) is 32.9 Å². The molecule has 122 valence electrons. The van der Waals surface area contributed by atoms with E-state index in [1.165, 1.54) is 5.56 Å². The van der Waals surface area contributed by atoms with Crippen LogP contribution in [0.2, 0.25) is 0 Å². The molecule has 24 heavy (non-hydrogen) atoms. The molecule has 0 fully saturated rings. The summed E-state index contributed by atoms with van der Waals surface area (Å²) in [5, 5.41) is 11.8. The highest BCUT2D eigenvalue weighted by molar-refractivity contribution is 5.81. The van der Waals surface area contributed by atoms with Crippen LogP contribution in [0.25, 0.3) is 10.9 Å². The summed E-state index contributed by atoms with van der Waals surface area (Å²) in [6, 6.07) is 20.7. The maximum absolute atomic E-state index is 10.7. The van der Waals surface area contributed by atoms with E-state index in [0.29, 0.717) is 0 Å². The summed E-state index contributed by atoms with van der Waals surface area (Å²) in [4.78, 5) is 0. The van der Waals surface area contributed by atoms with Crippen LogP contribution in [0.4, 0.5) is 0 Å². The van der Waals surface area contributed by atoms with Gasteiger partial charge < -0.3 is 9.67 Å². The molecule has 0 aliphatic heterocycles. The fourth-order valence-corrected chi connectivity index (χ4v) is 2.83.